The molecule has 0 saturated heterocycles. The highest BCUT2D eigenvalue weighted by Gasteiger charge is 2.37. The number of hydrogen-bond donors (Lipinski definition) is 4. The van der Waals surface area contributed by atoms with Crippen molar-refractivity contribution in [3.8, 4) is 0 Å². The molecule has 0 amide bonds. The molecule has 0 aliphatic heterocycles. The van der Waals surface area contributed by atoms with Gasteiger partial charge in [0.1, 0.15) is 0 Å². The van der Waals surface area contributed by atoms with E-state index in [4.69, 9.17) is 27.7 Å². The van der Waals surface area contributed by atoms with Crippen molar-refractivity contribution in [2.24, 2.45) is 0 Å². The van der Waals surface area contributed by atoms with Crippen LogP contribution in [0.25, 0.3) is 0 Å². The van der Waals surface area contributed by atoms with Gasteiger partial charge in [-0.2, -0.15) is 26.3 Å². The average molecular weight is 422 g/mol. The third-order valence-electron chi connectivity index (χ3n) is 4.47. The molecular formula is C18H20F6N4O. The van der Waals surface area contributed by atoms with Gasteiger partial charge in [0.2, 0.25) is 0 Å². The highest BCUT2D eigenvalue weighted by Crippen LogP contribution is 2.44. The van der Waals surface area contributed by atoms with Crippen molar-refractivity contribution in [3.05, 3.63) is 46.5 Å². The second-order valence-electron chi connectivity index (χ2n) is 6.48. The zero-order valence-electron chi connectivity index (χ0n) is 15.4. The van der Waals surface area contributed by atoms with E-state index >= 15 is 0 Å². The first-order chi connectivity index (χ1) is 13.2. The molecule has 0 bridgehead atoms. The van der Waals surface area contributed by atoms with E-state index in [9.17, 15) is 26.3 Å². The number of hydrogen-bond acceptors (Lipinski definition) is 5. The highest BCUT2D eigenvalue weighted by atomic mass is 19.4. The molecular weight excluding hydrogens is 402 g/mol. The Morgan fingerprint density at radius 1 is 0.655 bits per heavy atom. The van der Waals surface area contributed by atoms with Crippen LogP contribution in [0, 0.1) is 0 Å². The molecule has 0 aromatic heterocycles. The van der Waals surface area contributed by atoms with E-state index in [2.05, 4.69) is 0 Å². The molecule has 2 atom stereocenters. The molecule has 160 valence electrons. The lowest BCUT2D eigenvalue weighted by Crippen LogP contribution is -2.17. The van der Waals surface area contributed by atoms with E-state index in [0.717, 1.165) is 24.3 Å². The van der Waals surface area contributed by atoms with Crippen molar-refractivity contribution in [2.45, 2.75) is 38.4 Å². The number of benzene rings is 2. The van der Waals surface area contributed by atoms with Crippen molar-refractivity contribution in [1.29, 1.82) is 0 Å². The van der Waals surface area contributed by atoms with Crippen LogP contribution in [-0.2, 0) is 17.1 Å². The predicted octanol–water partition coefficient (Wildman–Crippen LogP) is 4.89. The first-order valence-electron chi connectivity index (χ1n) is 8.31. The first kappa shape index (κ1) is 22.5. The Morgan fingerprint density at radius 3 is 1.24 bits per heavy atom. The number of nitrogen functional groups attached to an aromatic ring is 4. The molecule has 0 spiro atoms. The van der Waals surface area contributed by atoms with Crippen molar-refractivity contribution in [1.82, 2.24) is 0 Å². The monoisotopic (exact) mass is 422 g/mol. The van der Waals surface area contributed by atoms with Crippen LogP contribution in [0.15, 0.2) is 24.3 Å². The third kappa shape index (κ3) is 4.44. The molecule has 0 saturated carbocycles. The number of anilines is 4. The number of nitrogens with two attached hydrogens (primary N) is 4. The minimum absolute atomic E-state index is 0.0554. The molecule has 11 heteroatoms. The highest BCUT2D eigenvalue weighted by molar-refractivity contribution is 5.68. The second kappa shape index (κ2) is 7.54. The summed E-state index contributed by atoms with van der Waals surface area (Å²) in [6.45, 7) is 2.75. The first-order valence-corrected chi connectivity index (χ1v) is 8.31. The summed E-state index contributed by atoms with van der Waals surface area (Å²) in [4.78, 5) is 0. The molecule has 2 aromatic rings. The minimum Gasteiger partial charge on any atom is -0.398 e. The Hall–Kier alpha value is -2.82. The van der Waals surface area contributed by atoms with Crippen LogP contribution in [0.4, 0.5) is 49.1 Å². The van der Waals surface area contributed by atoms with Gasteiger partial charge in [0, 0.05) is 22.5 Å². The van der Waals surface area contributed by atoms with Gasteiger partial charge in [0.05, 0.1) is 34.7 Å². The molecule has 2 aromatic carbocycles. The number of ether oxygens (including phenoxy) is 1. The summed E-state index contributed by atoms with van der Waals surface area (Å²) < 4.78 is 84.3. The number of alkyl halides is 6. The van der Waals surface area contributed by atoms with Gasteiger partial charge in [-0.1, -0.05) is 0 Å². The van der Waals surface area contributed by atoms with Crippen LogP contribution in [0.1, 0.15) is 48.3 Å². The Morgan fingerprint density at radius 2 is 0.966 bits per heavy atom. The molecule has 2 unspecified atom stereocenters. The fourth-order valence-corrected chi connectivity index (χ4v) is 3.15. The van der Waals surface area contributed by atoms with Gasteiger partial charge in [-0.05, 0) is 38.1 Å². The second-order valence-corrected chi connectivity index (χ2v) is 6.48. The van der Waals surface area contributed by atoms with E-state index < -0.39 is 47.1 Å². The van der Waals surface area contributed by atoms with Gasteiger partial charge in [-0.15, -0.1) is 0 Å². The van der Waals surface area contributed by atoms with Crippen molar-refractivity contribution >= 4 is 22.7 Å². The smallest absolute Gasteiger partial charge is 0.398 e. The maximum Gasteiger partial charge on any atom is 0.418 e. The summed E-state index contributed by atoms with van der Waals surface area (Å²) in [5, 5.41) is 0. The normalized spacial score (nSPS) is 14.6. The van der Waals surface area contributed by atoms with E-state index in [1.165, 1.54) is 13.8 Å². The molecule has 0 fully saturated rings. The fourth-order valence-electron chi connectivity index (χ4n) is 3.15. The molecule has 2 rings (SSSR count). The van der Waals surface area contributed by atoms with Gasteiger partial charge in [-0.25, -0.2) is 0 Å². The molecule has 0 aliphatic rings. The quantitative estimate of drug-likeness (QED) is 0.414. The lowest BCUT2D eigenvalue weighted by molar-refractivity contribution is -0.137. The Kier molecular flexibility index (Phi) is 5.84. The van der Waals surface area contributed by atoms with E-state index in [1.807, 2.05) is 0 Å². The molecule has 8 N–H and O–H groups in total. The minimum atomic E-state index is -4.71. The lowest BCUT2D eigenvalue weighted by atomic mass is 9.99. The van der Waals surface area contributed by atoms with E-state index in [-0.39, 0.29) is 22.5 Å². The molecule has 0 radical (unpaired) electrons. The summed E-state index contributed by atoms with van der Waals surface area (Å²) in [6.07, 6.45) is -11.6. The Labute approximate surface area is 162 Å². The summed E-state index contributed by atoms with van der Waals surface area (Å²) in [7, 11) is 0. The Bertz CT molecular complexity index is 837. The average Bonchev–Trinajstić information content (AvgIpc) is 2.52. The summed E-state index contributed by atoms with van der Waals surface area (Å²) in [5.41, 5.74) is 19.0. The topological polar surface area (TPSA) is 113 Å². The lowest BCUT2D eigenvalue weighted by Gasteiger charge is -2.26. The summed E-state index contributed by atoms with van der Waals surface area (Å²) >= 11 is 0. The third-order valence-corrected chi connectivity index (χ3v) is 4.47. The van der Waals surface area contributed by atoms with Crippen molar-refractivity contribution in [2.75, 3.05) is 22.9 Å². The van der Waals surface area contributed by atoms with E-state index in [1.54, 1.807) is 0 Å². The zero-order chi connectivity index (χ0) is 22.3. The zero-order valence-corrected chi connectivity index (χ0v) is 15.4. The summed E-state index contributed by atoms with van der Waals surface area (Å²) in [5.74, 6) is 0. The maximum absolute atomic E-state index is 13.1. The molecule has 0 heterocycles. The van der Waals surface area contributed by atoms with Gasteiger partial charge >= 0.3 is 12.4 Å². The van der Waals surface area contributed by atoms with Crippen LogP contribution in [0.3, 0.4) is 0 Å². The van der Waals surface area contributed by atoms with Gasteiger partial charge in [0.15, 0.2) is 0 Å². The van der Waals surface area contributed by atoms with Crippen LogP contribution in [0.2, 0.25) is 0 Å². The number of halogens is 6. The fraction of sp³-hybridized carbons (Fsp3) is 0.333. The standard InChI is InChI=1S/C18H20F6N4O/c1-7(13-11(25)5-3-9(15(13)27)17(19,20)21)29-8(2)14-12(26)6-4-10(16(14)28)18(22,23)24/h3-8H,25-28H2,1-2H3. The van der Waals surface area contributed by atoms with Gasteiger partial charge < -0.3 is 27.7 Å². The van der Waals surface area contributed by atoms with Gasteiger partial charge in [0.25, 0.3) is 0 Å². The van der Waals surface area contributed by atoms with Crippen molar-refractivity contribution < 1.29 is 31.1 Å². The number of rotatable bonds is 4. The van der Waals surface area contributed by atoms with E-state index in [0.29, 0.717) is 0 Å². The molecule has 29 heavy (non-hydrogen) atoms. The largest absolute Gasteiger partial charge is 0.418 e. The summed E-state index contributed by atoms with van der Waals surface area (Å²) in [6, 6.07) is 3.55. The van der Waals surface area contributed by atoms with Crippen LogP contribution < -0.4 is 22.9 Å². The SMILES string of the molecule is CC(OC(C)c1c(N)ccc(C(F)(F)F)c1N)c1c(N)ccc(C(F)(F)F)c1N. The molecule has 0 aliphatic carbocycles. The Balaban J connectivity index is 2.44. The maximum atomic E-state index is 13.1. The van der Waals surface area contributed by atoms with Crippen LogP contribution in [-0.4, -0.2) is 0 Å². The molecule has 5 nitrogen and oxygen atoms in total. The van der Waals surface area contributed by atoms with Crippen LogP contribution in [0.5, 0.6) is 0 Å². The van der Waals surface area contributed by atoms with Crippen LogP contribution >= 0.6 is 0 Å². The van der Waals surface area contributed by atoms with Crippen molar-refractivity contribution in [3.63, 3.8) is 0 Å². The predicted molar refractivity (Wildman–Crippen MR) is 98.5 cm³/mol. The van der Waals surface area contributed by atoms with Gasteiger partial charge in [-0.3, -0.25) is 0 Å².